The van der Waals surface area contributed by atoms with Crippen molar-refractivity contribution in [2.24, 2.45) is 0 Å². The number of rotatable bonds is 5. The van der Waals surface area contributed by atoms with E-state index in [-0.39, 0.29) is 45.0 Å². The smallest absolute Gasteiger partial charge is 0.271 e. The van der Waals surface area contributed by atoms with Gasteiger partial charge in [0.25, 0.3) is 5.91 Å². The van der Waals surface area contributed by atoms with Crippen molar-refractivity contribution in [1.29, 1.82) is 5.26 Å². The summed E-state index contributed by atoms with van der Waals surface area (Å²) in [6.07, 6.45) is 0. The third-order valence-electron chi connectivity index (χ3n) is 3.79. The summed E-state index contributed by atoms with van der Waals surface area (Å²) >= 11 is 11.9. The lowest BCUT2D eigenvalue weighted by Gasteiger charge is -2.13. The Morgan fingerprint density at radius 3 is 2.72 bits per heavy atom. The van der Waals surface area contributed by atoms with E-state index in [0.29, 0.717) is 5.82 Å². The topological polar surface area (TPSA) is 90.8 Å². The van der Waals surface area contributed by atoms with E-state index in [2.05, 4.69) is 15.3 Å². The first-order valence-electron chi connectivity index (χ1n) is 8.14. The highest BCUT2D eigenvalue weighted by Crippen LogP contribution is 2.34. The van der Waals surface area contributed by atoms with Gasteiger partial charge in [0.05, 0.1) is 16.7 Å². The summed E-state index contributed by atoms with van der Waals surface area (Å²) < 4.78 is 33.8. The van der Waals surface area contributed by atoms with Gasteiger partial charge in [-0.15, -0.1) is 0 Å². The van der Waals surface area contributed by atoms with E-state index in [4.69, 9.17) is 33.2 Å². The molecule has 3 rings (SSSR count). The highest BCUT2D eigenvalue weighted by atomic mass is 35.5. The summed E-state index contributed by atoms with van der Waals surface area (Å²) in [5, 5.41) is 11.4. The molecular formula is C19H12Cl2F2N4O2. The lowest BCUT2D eigenvalue weighted by Crippen LogP contribution is -2.24. The Labute approximate surface area is 174 Å². The highest BCUT2D eigenvalue weighted by Gasteiger charge is 2.18. The van der Waals surface area contributed by atoms with Crippen molar-refractivity contribution >= 4 is 29.1 Å². The molecule has 1 aromatic heterocycles. The molecule has 0 aliphatic rings. The summed E-state index contributed by atoms with van der Waals surface area (Å²) in [5.74, 6) is -2.12. The number of nitrogens with one attached hydrogen (secondary N) is 2. The molecule has 0 aliphatic heterocycles. The third-order valence-corrected chi connectivity index (χ3v) is 4.36. The molecule has 0 fully saturated rings. The zero-order valence-corrected chi connectivity index (χ0v) is 16.3. The Hall–Kier alpha value is -3.15. The van der Waals surface area contributed by atoms with Crippen LogP contribution in [0, 0.1) is 29.9 Å². The Kier molecular flexibility index (Phi) is 6.01. The first-order chi connectivity index (χ1) is 13.8. The van der Waals surface area contributed by atoms with Crippen LogP contribution in [0.2, 0.25) is 10.2 Å². The second-order valence-corrected chi connectivity index (χ2v) is 6.68. The van der Waals surface area contributed by atoms with E-state index in [1.54, 1.807) is 13.0 Å². The van der Waals surface area contributed by atoms with E-state index >= 15 is 0 Å². The molecule has 10 heteroatoms. The number of amides is 1. The molecular weight excluding hydrogens is 425 g/mol. The van der Waals surface area contributed by atoms with Gasteiger partial charge in [0.15, 0.2) is 16.7 Å². The monoisotopic (exact) mass is 436 g/mol. The lowest BCUT2D eigenvalue weighted by molar-refractivity contribution is 0.0946. The molecule has 0 atom stereocenters. The maximum absolute atomic E-state index is 14.9. The van der Waals surface area contributed by atoms with Gasteiger partial charge in [-0.2, -0.15) is 5.26 Å². The van der Waals surface area contributed by atoms with Gasteiger partial charge in [0.2, 0.25) is 0 Å². The summed E-state index contributed by atoms with van der Waals surface area (Å²) in [4.78, 5) is 18.8. The van der Waals surface area contributed by atoms with Crippen LogP contribution in [0.25, 0.3) is 0 Å². The van der Waals surface area contributed by atoms with Crippen molar-refractivity contribution < 1.29 is 18.3 Å². The van der Waals surface area contributed by atoms with Crippen molar-refractivity contribution in [1.82, 2.24) is 15.3 Å². The summed E-state index contributed by atoms with van der Waals surface area (Å²) in [6, 6.07) is 7.77. The van der Waals surface area contributed by atoms with Crippen LogP contribution in [-0.2, 0) is 6.54 Å². The van der Waals surface area contributed by atoms with Gasteiger partial charge in [-0.3, -0.25) is 4.79 Å². The molecule has 6 nitrogen and oxygen atoms in total. The molecule has 1 heterocycles. The number of nitrogens with zero attached hydrogens (tertiary/aromatic N) is 2. The van der Waals surface area contributed by atoms with Crippen LogP contribution >= 0.6 is 23.2 Å². The van der Waals surface area contributed by atoms with Crippen molar-refractivity contribution in [2.45, 2.75) is 13.5 Å². The number of H-pyrrole nitrogens is 1. The lowest BCUT2D eigenvalue weighted by atomic mass is 10.2. The van der Waals surface area contributed by atoms with Crippen LogP contribution in [0.5, 0.6) is 11.5 Å². The van der Waals surface area contributed by atoms with Crippen LogP contribution < -0.4 is 10.1 Å². The zero-order chi connectivity index (χ0) is 21.1. The molecule has 2 N–H and O–H groups in total. The summed E-state index contributed by atoms with van der Waals surface area (Å²) in [6.45, 7) is 1.44. The number of imidazole rings is 1. The maximum atomic E-state index is 14.9. The predicted molar refractivity (Wildman–Crippen MR) is 102 cm³/mol. The van der Waals surface area contributed by atoms with Crippen molar-refractivity contribution in [3.8, 4) is 17.6 Å². The first kappa shape index (κ1) is 20.6. The number of nitriles is 1. The number of halogens is 4. The van der Waals surface area contributed by atoms with Crippen molar-refractivity contribution in [2.75, 3.05) is 0 Å². The van der Waals surface area contributed by atoms with Gasteiger partial charge in [0, 0.05) is 18.2 Å². The van der Waals surface area contributed by atoms with E-state index in [1.165, 1.54) is 18.2 Å². The molecule has 0 radical (unpaired) electrons. The minimum atomic E-state index is -0.840. The quantitative estimate of drug-likeness (QED) is 0.594. The fraction of sp³-hybridized carbons (Fsp3) is 0.105. The number of hydrogen-bond donors (Lipinski definition) is 2. The average Bonchev–Trinajstić information content (AvgIpc) is 3.02. The fourth-order valence-corrected chi connectivity index (χ4v) is 2.93. The second-order valence-electron chi connectivity index (χ2n) is 5.91. The fourth-order valence-electron chi connectivity index (χ4n) is 2.49. The standard InChI is InChI=1S/C19H12Cl2F2N4O2/c1-9-26-16(18(21)27-9)19(28)25-8-11-2-3-14(20)17(15(11)23)29-13-5-10(7-24)4-12(22)6-13/h2-6H,8H2,1H3,(H,25,28)(H,26,27). The molecule has 0 spiro atoms. The number of aromatic nitrogens is 2. The van der Waals surface area contributed by atoms with Crippen molar-refractivity contribution in [3.63, 3.8) is 0 Å². The second kappa shape index (κ2) is 8.47. The number of carbonyl (C=O) groups excluding carboxylic acids is 1. The van der Waals surface area contributed by atoms with Gasteiger partial charge in [0.1, 0.15) is 23.1 Å². The van der Waals surface area contributed by atoms with E-state index < -0.39 is 17.5 Å². The van der Waals surface area contributed by atoms with E-state index in [1.807, 2.05) is 0 Å². The minimum Gasteiger partial charge on any atom is -0.453 e. The van der Waals surface area contributed by atoms with Crippen LogP contribution in [-0.4, -0.2) is 15.9 Å². The van der Waals surface area contributed by atoms with E-state index in [9.17, 15) is 13.6 Å². The first-order valence-corrected chi connectivity index (χ1v) is 8.89. The molecule has 29 heavy (non-hydrogen) atoms. The largest absolute Gasteiger partial charge is 0.453 e. The van der Waals surface area contributed by atoms with Gasteiger partial charge >= 0.3 is 0 Å². The number of benzene rings is 2. The van der Waals surface area contributed by atoms with Gasteiger partial charge in [-0.25, -0.2) is 13.8 Å². The number of aromatic amines is 1. The molecule has 2 aromatic carbocycles. The Morgan fingerprint density at radius 1 is 1.31 bits per heavy atom. The van der Waals surface area contributed by atoms with Crippen LogP contribution in [0.3, 0.4) is 0 Å². The SMILES string of the molecule is Cc1nc(Cl)c(C(=O)NCc2ccc(Cl)c(Oc3cc(F)cc(C#N)c3)c2F)[nH]1. The van der Waals surface area contributed by atoms with Crippen LogP contribution in [0.15, 0.2) is 30.3 Å². The third kappa shape index (κ3) is 4.65. The number of aryl methyl sites for hydroxylation is 1. The summed E-state index contributed by atoms with van der Waals surface area (Å²) in [5.41, 5.74) is 0.132. The Morgan fingerprint density at radius 2 is 2.07 bits per heavy atom. The van der Waals surface area contributed by atoms with E-state index in [0.717, 1.165) is 12.1 Å². The molecule has 0 saturated heterocycles. The van der Waals surface area contributed by atoms with Gasteiger partial charge in [-0.05, 0) is 25.1 Å². The molecule has 0 bridgehead atoms. The Bertz CT molecular complexity index is 1140. The predicted octanol–water partition coefficient (Wildman–Crippen LogP) is 4.90. The minimum absolute atomic E-state index is 0.00000154. The van der Waals surface area contributed by atoms with Gasteiger partial charge in [-0.1, -0.05) is 29.3 Å². The molecule has 0 saturated carbocycles. The number of ether oxygens (including phenoxy) is 1. The maximum Gasteiger partial charge on any atom is 0.271 e. The summed E-state index contributed by atoms with van der Waals surface area (Å²) in [7, 11) is 0. The molecule has 1 amide bonds. The van der Waals surface area contributed by atoms with Crippen molar-refractivity contribution in [3.05, 3.63) is 74.8 Å². The Balaban J connectivity index is 1.82. The molecule has 3 aromatic rings. The number of hydrogen-bond acceptors (Lipinski definition) is 4. The number of carbonyl (C=O) groups is 1. The molecule has 0 aliphatic carbocycles. The van der Waals surface area contributed by atoms with Crippen LogP contribution in [0.1, 0.15) is 27.4 Å². The highest BCUT2D eigenvalue weighted by molar-refractivity contribution is 6.32. The zero-order valence-electron chi connectivity index (χ0n) is 14.8. The van der Waals surface area contributed by atoms with Gasteiger partial charge < -0.3 is 15.0 Å². The molecule has 148 valence electrons. The van der Waals surface area contributed by atoms with Crippen LogP contribution in [0.4, 0.5) is 8.78 Å². The normalized spacial score (nSPS) is 10.5. The average molecular weight is 437 g/mol. The molecule has 0 unspecified atom stereocenters.